The van der Waals surface area contributed by atoms with Gasteiger partial charge in [0.05, 0.1) is 13.0 Å². The molecule has 1 heterocycles. The van der Waals surface area contributed by atoms with Gasteiger partial charge in [0.15, 0.2) is 0 Å². The van der Waals surface area contributed by atoms with E-state index in [0.717, 1.165) is 12.8 Å². The number of piperidine rings is 1. The summed E-state index contributed by atoms with van der Waals surface area (Å²) >= 11 is 0. The van der Waals surface area contributed by atoms with E-state index in [0.29, 0.717) is 0 Å². The predicted molar refractivity (Wildman–Crippen MR) is 71.7 cm³/mol. The van der Waals surface area contributed by atoms with Crippen LogP contribution in [0.4, 0.5) is 4.79 Å². The summed E-state index contributed by atoms with van der Waals surface area (Å²) in [5.41, 5.74) is -0.533. The lowest BCUT2D eigenvalue weighted by atomic mass is 9.87. The van der Waals surface area contributed by atoms with E-state index in [1.807, 2.05) is 34.6 Å². The lowest BCUT2D eigenvalue weighted by Crippen LogP contribution is -2.54. The number of amides is 1. The molecule has 1 fully saturated rings. The van der Waals surface area contributed by atoms with Crippen LogP contribution in [0.1, 0.15) is 47.5 Å². The first kappa shape index (κ1) is 15.8. The van der Waals surface area contributed by atoms with Gasteiger partial charge >= 0.3 is 12.1 Å². The average molecular weight is 271 g/mol. The van der Waals surface area contributed by atoms with Crippen LogP contribution in [0.5, 0.6) is 0 Å². The van der Waals surface area contributed by atoms with Crippen molar-refractivity contribution in [3.8, 4) is 0 Å². The summed E-state index contributed by atoms with van der Waals surface area (Å²) in [4.78, 5) is 25.6. The third-order valence-electron chi connectivity index (χ3n) is 3.50. The van der Waals surface area contributed by atoms with Gasteiger partial charge in [-0.05, 0) is 47.5 Å². The van der Waals surface area contributed by atoms with Crippen LogP contribution in [0.3, 0.4) is 0 Å². The highest BCUT2D eigenvalue weighted by atomic mass is 16.6. The Balaban J connectivity index is 2.84. The molecule has 1 aliphatic heterocycles. The van der Waals surface area contributed by atoms with Gasteiger partial charge in [-0.2, -0.15) is 0 Å². The van der Waals surface area contributed by atoms with Crippen molar-refractivity contribution in [2.45, 2.75) is 65.1 Å². The van der Waals surface area contributed by atoms with Crippen molar-refractivity contribution in [2.24, 2.45) is 5.92 Å². The number of carbonyl (C=O) groups is 2. The fourth-order valence-electron chi connectivity index (χ4n) is 2.52. The molecular weight excluding hydrogens is 246 g/mol. The Morgan fingerprint density at radius 3 is 2.21 bits per heavy atom. The predicted octanol–water partition coefficient (Wildman–Crippen LogP) is 2.58. The zero-order valence-corrected chi connectivity index (χ0v) is 12.7. The molecule has 0 saturated carbocycles. The standard InChI is InChI=1S/C14H25NO4/c1-9-7-8-11(12(16)18-6)10(2)15(9)13(17)19-14(3,4)5/h9-11H,7-8H2,1-6H3/t9-,10-,11-/m1/s1. The van der Waals surface area contributed by atoms with Crippen molar-refractivity contribution >= 4 is 12.1 Å². The Kier molecular flexibility index (Phi) is 4.82. The number of hydrogen-bond acceptors (Lipinski definition) is 4. The van der Waals surface area contributed by atoms with E-state index in [1.165, 1.54) is 7.11 Å². The van der Waals surface area contributed by atoms with Crippen LogP contribution in [0, 0.1) is 5.92 Å². The second-order valence-electron chi connectivity index (χ2n) is 6.18. The molecule has 0 bridgehead atoms. The molecule has 1 amide bonds. The Labute approximate surface area is 115 Å². The molecule has 1 saturated heterocycles. The van der Waals surface area contributed by atoms with Crippen molar-refractivity contribution in [1.29, 1.82) is 0 Å². The molecule has 0 aromatic rings. The summed E-state index contributed by atoms with van der Waals surface area (Å²) in [6, 6.07) is -0.128. The van der Waals surface area contributed by atoms with Gasteiger partial charge in [-0.25, -0.2) is 4.79 Å². The topological polar surface area (TPSA) is 55.8 Å². The fourth-order valence-corrected chi connectivity index (χ4v) is 2.52. The highest BCUT2D eigenvalue weighted by molar-refractivity contribution is 5.76. The number of methoxy groups -OCH3 is 1. The number of likely N-dealkylation sites (tertiary alicyclic amines) is 1. The van der Waals surface area contributed by atoms with Crippen molar-refractivity contribution in [1.82, 2.24) is 4.90 Å². The van der Waals surface area contributed by atoms with E-state index in [2.05, 4.69) is 0 Å². The number of nitrogens with zero attached hydrogens (tertiary/aromatic N) is 1. The smallest absolute Gasteiger partial charge is 0.410 e. The molecule has 0 spiro atoms. The van der Waals surface area contributed by atoms with Crippen LogP contribution in [0.25, 0.3) is 0 Å². The van der Waals surface area contributed by atoms with E-state index < -0.39 is 5.60 Å². The number of esters is 1. The van der Waals surface area contributed by atoms with Crippen LogP contribution < -0.4 is 0 Å². The molecular formula is C14H25NO4. The molecule has 0 unspecified atom stereocenters. The van der Waals surface area contributed by atoms with E-state index in [9.17, 15) is 9.59 Å². The molecule has 5 nitrogen and oxygen atoms in total. The SMILES string of the molecule is COC(=O)[C@@H]1CC[C@@H](C)N(C(=O)OC(C)(C)C)[C@@H]1C. The number of carbonyl (C=O) groups excluding carboxylic acids is 2. The number of hydrogen-bond donors (Lipinski definition) is 0. The third-order valence-corrected chi connectivity index (χ3v) is 3.50. The molecule has 1 aliphatic rings. The van der Waals surface area contributed by atoms with Gasteiger partial charge < -0.3 is 14.4 Å². The third kappa shape index (κ3) is 3.85. The van der Waals surface area contributed by atoms with Crippen LogP contribution in [0.2, 0.25) is 0 Å². The van der Waals surface area contributed by atoms with E-state index in [4.69, 9.17) is 9.47 Å². The molecule has 0 aromatic carbocycles. The van der Waals surface area contributed by atoms with E-state index >= 15 is 0 Å². The first-order valence-electron chi connectivity index (χ1n) is 6.76. The van der Waals surface area contributed by atoms with Gasteiger partial charge in [-0.15, -0.1) is 0 Å². The normalized spacial score (nSPS) is 27.9. The second-order valence-corrected chi connectivity index (χ2v) is 6.18. The first-order valence-corrected chi connectivity index (χ1v) is 6.76. The summed E-state index contributed by atoms with van der Waals surface area (Å²) in [6.45, 7) is 9.36. The first-order chi connectivity index (χ1) is 8.67. The quantitative estimate of drug-likeness (QED) is 0.688. The maximum atomic E-state index is 12.2. The molecule has 19 heavy (non-hydrogen) atoms. The molecule has 0 radical (unpaired) electrons. The minimum Gasteiger partial charge on any atom is -0.469 e. The fraction of sp³-hybridized carbons (Fsp3) is 0.857. The van der Waals surface area contributed by atoms with Crippen LogP contribution in [-0.2, 0) is 14.3 Å². The van der Waals surface area contributed by atoms with Gasteiger partial charge in [0.1, 0.15) is 5.60 Å². The Hall–Kier alpha value is -1.26. The molecule has 0 aliphatic carbocycles. The molecule has 0 N–H and O–H groups in total. The Morgan fingerprint density at radius 1 is 1.16 bits per heavy atom. The highest BCUT2D eigenvalue weighted by Gasteiger charge is 2.41. The number of ether oxygens (including phenoxy) is 2. The highest BCUT2D eigenvalue weighted by Crippen LogP contribution is 2.30. The van der Waals surface area contributed by atoms with Gasteiger partial charge in [-0.3, -0.25) is 4.79 Å². The van der Waals surface area contributed by atoms with Crippen molar-refractivity contribution in [3.05, 3.63) is 0 Å². The van der Waals surface area contributed by atoms with Gasteiger partial charge in [-0.1, -0.05) is 0 Å². The maximum absolute atomic E-state index is 12.2. The molecule has 5 heteroatoms. The van der Waals surface area contributed by atoms with Crippen molar-refractivity contribution in [3.63, 3.8) is 0 Å². The second kappa shape index (κ2) is 5.80. The average Bonchev–Trinajstić information content (AvgIpc) is 2.25. The van der Waals surface area contributed by atoms with Crippen LogP contribution in [0.15, 0.2) is 0 Å². The summed E-state index contributed by atoms with van der Waals surface area (Å²) in [5, 5.41) is 0. The minimum absolute atomic E-state index is 0.0748. The van der Waals surface area contributed by atoms with Crippen LogP contribution >= 0.6 is 0 Å². The van der Waals surface area contributed by atoms with Gasteiger partial charge in [0.25, 0.3) is 0 Å². The summed E-state index contributed by atoms with van der Waals surface area (Å²) < 4.78 is 10.2. The van der Waals surface area contributed by atoms with Gasteiger partial charge in [0, 0.05) is 12.1 Å². The van der Waals surface area contributed by atoms with E-state index in [-0.39, 0.29) is 30.1 Å². The van der Waals surface area contributed by atoms with Crippen molar-refractivity contribution < 1.29 is 19.1 Å². The Bertz CT molecular complexity index is 348. The number of rotatable bonds is 1. The molecule has 0 aromatic heterocycles. The van der Waals surface area contributed by atoms with Crippen LogP contribution in [-0.4, -0.2) is 41.8 Å². The molecule has 1 rings (SSSR count). The van der Waals surface area contributed by atoms with Gasteiger partial charge in [0.2, 0.25) is 0 Å². The van der Waals surface area contributed by atoms with E-state index in [1.54, 1.807) is 4.90 Å². The molecule has 3 atom stereocenters. The maximum Gasteiger partial charge on any atom is 0.410 e. The lowest BCUT2D eigenvalue weighted by Gasteiger charge is -2.42. The molecule has 110 valence electrons. The largest absolute Gasteiger partial charge is 0.469 e. The monoisotopic (exact) mass is 271 g/mol. The minimum atomic E-state index is -0.533. The lowest BCUT2D eigenvalue weighted by molar-refractivity contribution is -0.149. The van der Waals surface area contributed by atoms with Crippen molar-refractivity contribution in [2.75, 3.05) is 7.11 Å². The zero-order valence-electron chi connectivity index (χ0n) is 12.7. The summed E-state index contributed by atoms with van der Waals surface area (Å²) in [6.07, 6.45) is 1.17. The Morgan fingerprint density at radius 2 is 1.74 bits per heavy atom. The summed E-state index contributed by atoms with van der Waals surface area (Å²) in [5.74, 6) is -0.526. The summed E-state index contributed by atoms with van der Waals surface area (Å²) in [7, 11) is 1.38. The zero-order chi connectivity index (χ0) is 14.8.